The van der Waals surface area contributed by atoms with E-state index in [0.29, 0.717) is 11.9 Å². The van der Waals surface area contributed by atoms with Gasteiger partial charge >= 0.3 is 0 Å². The lowest BCUT2D eigenvalue weighted by Crippen LogP contribution is -2.52. The van der Waals surface area contributed by atoms with Crippen molar-refractivity contribution in [3.8, 4) is 0 Å². The Morgan fingerprint density at radius 2 is 2.31 bits per heavy atom. The fourth-order valence-electron chi connectivity index (χ4n) is 1.71. The average Bonchev–Trinajstić information content (AvgIpc) is 2.50. The summed E-state index contributed by atoms with van der Waals surface area (Å²) < 4.78 is 4.91. The van der Waals surface area contributed by atoms with Crippen molar-refractivity contribution >= 4 is 0 Å². The highest BCUT2D eigenvalue weighted by Gasteiger charge is 2.32. The number of nitrogens with zero attached hydrogens (tertiary/aromatic N) is 3. The second-order valence-electron chi connectivity index (χ2n) is 3.88. The molecule has 0 amide bonds. The zero-order valence-electron chi connectivity index (χ0n) is 8.32. The molecular weight excluding hydrogens is 166 g/mol. The molecule has 4 heteroatoms. The van der Waals surface area contributed by atoms with Gasteiger partial charge in [-0.25, -0.2) is 0 Å². The van der Waals surface area contributed by atoms with Crippen LogP contribution in [0.25, 0.3) is 0 Å². The van der Waals surface area contributed by atoms with Crippen molar-refractivity contribution in [2.45, 2.75) is 33.4 Å². The van der Waals surface area contributed by atoms with Gasteiger partial charge in [0.2, 0.25) is 5.89 Å². The van der Waals surface area contributed by atoms with Crippen LogP contribution in [0.4, 0.5) is 0 Å². The van der Waals surface area contributed by atoms with E-state index in [-0.39, 0.29) is 0 Å². The van der Waals surface area contributed by atoms with Gasteiger partial charge in [-0.3, -0.25) is 4.90 Å². The molecule has 1 aromatic rings. The molecule has 13 heavy (non-hydrogen) atoms. The van der Waals surface area contributed by atoms with Gasteiger partial charge in [0.25, 0.3) is 0 Å². The number of rotatable bonds is 2. The van der Waals surface area contributed by atoms with Gasteiger partial charge in [0.05, 0.1) is 6.54 Å². The molecule has 2 rings (SSSR count). The fourth-order valence-corrected chi connectivity index (χ4v) is 1.71. The maximum Gasteiger partial charge on any atom is 0.223 e. The van der Waals surface area contributed by atoms with Crippen molar-refractivity contribution in [1.29, 1.82) is 0 Å². The maximum atomic E-state index is 4.91. The minimum Gasteiger partial charge on any atom is -0.340 e. The largest absolute Gasteiger partial charge is 0.340 e. The molecule has 0 N–H and O–H groups in total. The molecule has 1 aliphatic heterocycles. The lowest BCUT2D eigenvalue weighted by Gasteiger charge is -2.44. The van der Waals surface area contributed by atoms with Crippen LogP contribution in [0.5, 0.6) is 0 Å². The van der Waals surface area contributed by atoms with E-state index in [1.807, 2.05) is 6.92 Å². The molecule has 72 valence electrons. The van der Waals surface area contributed by atoms with E-state index in [1.54, 1.807) is 0 Å². The summed E-state index contributed by atoms with van der Waals surface area (Å²) in [6, 6.07) is 0.652. The topological polar surface area (TPSA) is 42.2 Å². The average molecular weight is 181 g/mol. The minimum absolute atomic E-state index is 0.649. The smallest absolute Gasteiger partial charge is 0.223 e. The lowest BCUT2D eigenvalue weighted by atomic mass is 9.92. The van der Waals surface area contributed by atoms with Crippen molar-refractivity contribution in [3.05, 3.63) is 11.7 Å². The van der Waals surface area contributed by atoms with E-state index in [9.17, 15) is 0 Å². The van der Waals surface area contributed by atoms with Gasteiger partial charge in [-0.05, 0) is 12.8 Å². The van der Waals surface area contributed by atoms with Gasteiger partial charge in [0.1, 0.15) is 0 Å². The zero-order chi connectivity index (χ0) is 9.42. The van der Waals surface area contributed by atoms with E-state index in [0.717, 1.165) is 24.8 Å². The van der Waals surface area contributed by atoms with Crippen LogP contribution in [-0.2, 0) is 6.54 Å². The zero-order valence-corrected chi connectivity index (χ0v) is 8.32. The SMILES string of the molecule is Cc1nc(CN2CC(C)C2C)no1. The molecule has 1 aromatic heterocycles. The Hall–Kier alpha value is -0.900. The number of likely N-dealkylation sites (tertiary alicyclic amines) is 1. The van der Waals surface area contributed by atoms with E-state index in [1.165, 1.54) is 0 Å². The second-order valence-corrected chi connectivity index (χ2v) is 3.88. The molecule has 0 saturated carbocycles. The van der Waals surface area contributed by atoms with Gasteiger partial charge in [0, 0.05) is 19.5 Å². The Morgan fingerprint density at radius 1 is 1.54 bits per heavy atom. The summed E-state index contributed by atoms with van der Waals surface area (Å²) in [4.78, 5) is 6.53. The van der Waals surface area contributed by atoms with Gasteiger partial charge < -0.3 is 4.52 Å². The number of aromatic nitrogens is 2. The Kier molecular flexibility index (Phi) is 2.07. The number of aryl methyl sites for hydroxylation is 1. The molecule has 2 heterocycles. The van der Waals surface area contributed by atoms with Crippen LogP contribution < -0.4 is 0 Å². The van der Waals surface area contributed by atoms with Gasteiger partial charge in [-0.15, -0.1) is 0 Å². The van der Waals surface area contributed by atoms with E-state index >= 15 is 0 Å². The van der Waals surface area contributed by atoms with Gasteiger partial charge in [-0.2, -0.15) is 4.98 Å². The normalized spacial score (nSPS) is 28.8. The Labute approximate surface area is 77.9 Å². The number of hydrogen-bond acceptors (Lipinski definition) is 4. The third-order valence-corrected chi connectivity index (χ3v) is 2.84. The monoisotopic (exact) mass is 181 g/mol. The highest BCUT2D eigenvalue weighted by atomic mass is 16.5. The first kappa shape index (κ1) is 8.69. The molecule has 0 radical (unpaired) electrons. The van der Waals surface area contributed by atoms with Crippen LogP contribution in [0.15, 0.2) is 4.52 Å². The third-order valence-electron chi connectivity index (χ3n) is 2.84. The molecule has 0 spiro atoms. The fraction of sp³-hybridized carbons (Fsp3) is 0.778. The maximum absolute atomic E-state index is 4.91. The first-order valence-corrected chi connectivity index (χ1v) is 4.70. The van der Waals surface area contributed by atoms with Crippen LogP contribution in [0, 0.1) is 12.8 Å². The van der Waals surface area contributed by atoms with Gasteiger partial charge in [-0.1, -0.05) is 12.1 Å². The molecule has 0 aromatic carbocycles. The Morgan fingerprint density at radius 3 is 2.77 bits per heavy atom. The molecule has 1 aliphatic rings. The van der Waals surface area contributed by atoms with E-state index in [4.69, 9.17) is 4.52 Å². The predicted octanol–water partition coefficient (Wildman–Crippen LogP) is 1.22. The lowest BCUT2D eigenvalue weighted by molar-refractivity contribution is 0.0277. The molecular formula is C9H15N3O. The molecule has 0 bridgehead atoms. The first-order valence-electron chi connectivity index (χ1n) is 4.70. The summed E-state index contributed by atoms with van der Waals surface area (Å²) in [6.07, 6.45) is 0. The van der Waals surface area contributed by atoms with E-state index < -0.39 is 0 Å². The highest BCUT2D eigenvalue weighted by Crippen LogP contribution is 2.24. The molecule has 1 saturated heterocycles. The Balaban J connectivity index is 1.93. The van der Waals surface area contributed by atoms with Crippen molar-refractivity contribution in [3.63, 3.8) is 0 Å². The number of hydrogen-bond donors (Lipinski definition) is 0. The predicted molar refractivity (Wildman–Crippen MR) is 48.1 cm³/mol. The summed E-state index contributed by atoms with van der Waals surface area (Å²) in [6.45, 7) is 8.29. The van der Waals surface area contributed by atoms with E-state index in [2.05, 4.69) is 28.9 Å². The molecule has 4 nitrogen and oxygen atoms in total. The summed E-state index contributed by atoms with van der Waals surface area (Å²) in [7, 11) is 0. The third kappa shape index (κ3) is 1.58. The molecule has 2 atom stereocenters. The van der Waals surface area contributed by atoms with Crippen molar-refractivity contribution in [2.75, 3.05) is 6.54 Å². The standard InChI is InChI=1S/C9H15N3O/c1-6-4-12(7(6)2)5-9-10-8(3)13-11-9/h6-7H,4-5H2,1-3H3. The van der Waals surface area contributed by atoms with Gasteiger partial charge in [0.15, 0.2) is 5.82 Å². The summed E-state index contributed by atoms with van der Waals surface area (Å²) >= 11 is 0. The van der Waals surface area contributed by atoms with Crippen LogP contribution >= 0.6 is 0 Å². The van der Waals surface area contributed by atoms with Crippen LogP contribution in [0.1, 0.15) is 25.6 Å². The molecule has 2 unspecified atom stereocenters. The van der Waals surface area contributed by atoms with Crippen molar-refractivity contribution in [2.24, 2.45) is 5.92 Å². The first-order chi connectivity index (χ1) is 6.16. The van der Waals surface area contributed by atoms with Crippen LogP contribution in [0.2, 0.25) is 0 Å². The summed E-state index contributed by atoms with van der Waals surface area (Å²) in [5, 5.41) is 3.87. The highest BCUT2D eigenvalue weighted by molar-refractivity contribution is 4.91. The van der Waals surface area contributed by atoms with Crippen LogP contribution in [0.3, 0.4) is 0 Å². The second kappa shape index (κ2) is 3.10. The van der Waals surface area contributed by atoms with Crippen molar-refractivity contribution < 1.29 is 4.52 Å². The summed E-state index contributed by atoms with van der Waals surface area (Å²) in [5.74, 6) is 2.25. The quantitative estimate of drug-likeness (QED) is 0.688. The molecule has 1 fully saturated rings. The summed E-state index contributed by atoms with van der Waals surface area (Å²) in [5.41, 5.74) is 0. The minimum atomic E-state index is 0.649. The molecule has 0 aliphatic carbocycles. The Bertz CT molecular complexity index is 297. The van der Waals surface area contributed by atoms with Crippen molar-refractivity contribution in [1.82, 2.24) is 15.0 Å². The van der Waals surface area contributed by atoms with Crippen LogP contribution in [-0.4, -0.2) is 27.6 Å².